The average molecular weight is 507 g/mol. The summed E-state index contributed by atoms with van der Waals surface area (Å²) in [4.78, 5) is 13.0. The molecule has 0 spiro atoms. The number of aryl methyl sites for hydroxylation is 1. The Hall–Kier alpha value is -3.07. The van der Waals surface area contributed by atoms with Crippen molar-refractivity contribution in [2.75, 3.05) is 30.3 Å². The third kappa shape index (κ3) is 5.35. The first-order valence-corrected chi connectivity index (χ1v) is 13.6. The second-order valence-electron chi connectivity index (χ2n) is 7.75. The Kier molecular flexibility index (Phi) is 6.84. The molecule has 0 unspecified atom stereocenters. The van der Waals surface area contributed by atoms with Crippen molar-refractivity contribution in [3.63, 3.8) is 0 Å². The molecule has 0 fully saturated rings. The van der Waals surface area contributed by atoms with E-state index in [0.29, 0.717) is 42.7 Å². The Labute approximate surface area is 198 Å². The lowest BCUT2D eigenvalue weighted by molar-refractivity contribution is 0.569. The molecule has 0 radical (unpaired) electrons. The molecule has 1 aromatic carbocycles. The molecule has 182 valence electrons. The van der Waals surface area contributed by atoms with E-state index in [-0.39, 0.29) is 23.0 Å². The number of anilines is 3. The van der Waals surface area contributed by atoms with Gasteiger partial charge in [0.05, 0.1) is 11.1 Å². The van der Waals surface area contributed by atoms with Gasteiger partial charge in [-0.05, 0) is 38.0 Å². The number of sulfonamides is 2. The third-order valence-electron chi connectivity index (χ3n) is 5.34. The molecule has 0 amide bonds. The van der Waals surface area contributed by atoms with Crippen LogP contribution < -0.4 is 20.1 Å². The van der Waals surface area contributed by atoms with Crippen LogP contribution in [0.15, 0.2) is 46.6 Å². The van der Waals surface area contributed by atoms with Crippen LogP contribution in [0.4, 0.5) is 17.5 Å². The molecule has 0 saturated carbocycles. The molecule has 3 heterocycles. The first-order valence-electron chi connectivity index (χ1n) is 10.6. The fraction of sp³-hybridized carbons (Fsp3) is 0.350. The first kappa shape index (κ1) is 24.1. The lowest BCUT2D eigenvalue weighted by atomic mass is 10.2. The Morgan fingerprint density at radius 3 is 2.76 bits per heavy atom. The number of hydrogen-bond donors (Lipinski definition) is 4. The smallest absolute Gasteiger partial charge is 0.257 e. The maximum atomic E-state index is 12.6. The minimum Gasteiger partial charge on any atom is -0.370 e. The maximum Gasteiger partial charge on any atom is 0.257 e. The molecule has 12 nitrogen and oxygen atoms in total. The molecule has 4 bridgehead atoms. The van der Waals surface area contributed by atoms with Gasteiger partial charge in [0.15, 0.2) is 5.03 Å². The quantitative estimate of drug-likeness (QED) is 0.394. The fourth-order valence-electron chi connectivity index (χ4n) is 3.38. The van der Waals surface area contributed by atoms with Gasteiger partial charge in [-0.15, -0.1) is 0 Å². The van der Waals surface area contributed by atoms with Crippen LogP contribution >= 0.6 is 0 Å². The highest BCUT2D eigenvalue weighted by Crippen LogP contribution is 2.21. The summed E-state index contributed by atoms with van der Waals surface area (Å²) in [5.74, 6) is 1.44. The number of benzene rings is 1. The van der Waals surface area contributed by atoms with Crippen molar-refractivity contribution < 1.29 is 16.8 Å². The van der Waals surface area contributed by atoms with E-state index < -0.39 is 20.0 Å². The van der Waals surface area contributed by atoms with Crippen LogP contribution in [0.1, 0.15) is 17.8 Å². The van der Waals surface area contributed by atoms with Crippen LogP contribution in [0, 0.1) is 6.92 Å². The van der Waals surface area contributed by atoms with Crippen molar-refractivity contribution in [1.29, 1.82) is 0 Å². The monoisotopic (exact) mass is 506 g/mol. The highest BCUT2D eigenvalue weighted by Gasteiger charge is 2.20. The standard InChI is InChI=1S/C20H26N8O4S2/c1-14-22-13-18(28(14)2)34(31,32)25-10-7-15-12-23-20-26-16-5-3-6-17(11-16)33(29,30)24-9-4-8-21-19(15)27-20/h3,5-6,11-13,24-25H,4,7-10H2,1-2H3,(H2,21,23,26,27). The zero-order valence-corrected chi connectivity index (χ0v) is 20.4. The van der Waals surface area contributed by atoms with Gasteiger partial charge in [0.25, 0.3) is 10.0 Å². The molecule has 0 aliphatic carbocycles. The third-order valence-corrected chi connectivity index (χ3v) is 8.32. The first-order chi connectivity index (χ1) is 16.2. The van der Waals surface area contributed by atoms with Gasteiger partial charge in [0.1, 0.15) is 11.6 Å². The molecular weight excluding hydrogens is 480 g/mol. The topological polar surface area (TPSA) is 160 Å². The second-order valence-corrected chi connectivity index (χ2v) is 11.2. The SMILES string of the molecule is Cc1ncc(S(=O)(=O)NCCc2cnc3nc2NCCCNS(=O)(=O)c2cccc(c2)N3)n1C. The van der Waals surface area contributed by atoms with Crippen LogP contribution in [0.5, 0.6) is 0 Å². The number of imidazole rings is 1. The molecule has 4 N–H and O–H groups in total. The molecule has 0 atom stereocenters. The normalized spacial score (nSPS) is 15.8. The molecule has 2 aromatic heterocycles. The Morgan fingerprint density at radius 1 is 1.18 bits per heavy atom. The van der Waals surface area contributed by atoms with Crippen molar-refractivity contribution in [2.24, 2.45) is 7.05 Å². The zero-order chi connectivity index (χ0) is 24.3. The predicted molar refractivity (Wildman–Crippen MR) is 127 cm³/mol. The van der Waals surface area contributed by atoms with Crippen LogP contribution in [0.25, 0.3) is 0 Å². The maximum absolute atomic E-state index is 12.6. The van der Waals surface area contributed by atoms with Crippen molar-refractivity contribution >= 4 is 37.5 Å². The number of fused-ring (bicyclic) bond motifs is 4. The van der Waals surface area contributed by atoms with E-state index in [2.05, 4.69) is 35.0 Å². The molecule has 4 rings (SSSR count). The lowest BCUT2D eigenvalue weighted by Gasteiger charge is -2.13. The summed E-state index contributed by atoms with van der Waals surface area (Å²) in [6, 6.07) is 6.39. The van der Waals surface area contributed by atoms with Gasteiger partial charge in [-0.1, -0.05) is 6.07 Å². The summed E-state index contributed by atoms with van der Waals surface area (Å²) < 4.78 is 56.9. The molecule has 34 heavy (non-hydrogen) atoms. The summed E-state index contributed by atoms with van der Waals surface area (Å²) >= 11 is 0. The van der Waals surface area contributed by atoms with E-state index in [1.165, 1.54) is 22.9 Å². The number of aromatic nitrogens is 4. The van der Waals surface area contributed by atoms with Gasteiger partial charge in [0.2, 0.25) is 16.0 Å². The molecule has 1 aliphatic rings. The van der Waals surface area contributed by atoms with Gasteiger partial charge in [-0.25, -0.2) is 36.2 Å². The summed E-state index contributed by atoms with van der Waals surface area (Å²) in [5, 5.41) is 6.31. The minimum absolute atomic E-state index is 0.0920. The van der Waals surface area contributed by atoms with Gasteiger partial charge in [-0.2, -0.15) is 4.98 Å². The van der Waals surface area contributed by atoms with Gasteiger partial charge in [0, 0.05) is 44.1 Å². The average Bonchev–Trinajstić information content (AvgIpc) is 3.13. The molecular formula is C20H26N8O4S2. The van der Waals surface area contributed by atoms with Gasteiger partial charge >= 0.3 is 0 Å². The summed E-state index contributed by atoms with van der Waals surface area (Å²) in [5.41, 5.74) is 1.25. The van der Waals surface area contributed by atoms with E-state index in [1.807, 2.05) is 0 Å². The molecule has 3 aromatic rings. The number of rotatable bonds is 5. The molecule has 14 heteroatoms. The van der Waals surface area contributed by atoms with Crippen LogP contribution in [0.3, 0.4) is 0 Å². The molecule has 0 saturated heterocycles. The van der Waals surface area contributed by atoms with E-state index in [0.717, 1.165) is 5.56 Å². The Balaban J connectivity index is 1.52. The Bertz CT molecular complexity index is 1400. The number of hydrogen-bond acceptors (Lipinski definition) is 9. The minimum atomic E-state index is -3.72. The van der Waals surface area contributed by atoms with Crippen molar-refractivity contribution in [3.05, 3.63) is 48.0 Å². The Morgan fingerprint density at radius 2 is 2.00 bits per heavy atom. The number of nitrogens with zero attached hydrogens (tertiary/aromatic N) is 4. The number of nitrogens with one attached hydrogen (secondary N) is 4. The van der Waals surface area contributed by atoms with Crippen molar-refractivity contribution in [2.45, 2.75) is 29.7 Å². The van der Waals surface area contributed by atoms with Crippen LogP contribution in [-0.2, 0) is 33.5 Å². The van der Waals surface area contributed by atoms with Crippen LogP contribution in [-0.4, -0.2) is 56.0 Å². The fourth-order valence-corrected chi connectivity index (χ4v) is 5.71. The summed E-state index contributed by atoms with van der Waals surface area (Å²) in [6.07, 6.45) is 3.82. The lowest BCUT2D eigenvalue weighted by Crippen LogP contribution is -2.28. The van der Waals surface area contributed by atoms with Crippen molar-refractivity contribution in [3.8, 4) is 0 Å². The second kappa shape index (κ2) is 9.66. The molecule has 1 aliphatic heterocycles. The largest absolute Gasteiger partial charge is 0.370 e. The van der Waals surface area contributed by atoms with E-state index in [4.69, 9.17) is 0 Å². The van der Waals surface area contributed by atoms with Crippen molar-refractivity contribution in [1.82, 2.24) is 29.0 Å². The van der Waals surface area contributed by atoms with Crippen LogP contribution in [0.2, 0.25) is 0 Å². The highest BCUT2D eigenvalue weighted by molar-refractivity contribution is 7.89. The van der Waals surface area contributed by atoms with Gasteiger partial charge in [-0.3, -0.25) is 0 Å². The zero-order valence-electron chi connectivity index (χ0n) is 18.7. The van der Waals surface area contributed by atoms with E-state index in [9.17, 15) is 16.8 Å². The summed E-state index contributed by atoms with van der Waals surface area (Å²) in [6.45, 7) is 2.58. The van der Waals surface area contributed by atoms with E-state index in [1.54, 1.807) is 32.3 Å². The predicted octanol–water partition coefficient (Wildman–Crippen LogP) is 0.877. The van der Waals surface area contributed by atoms with E-state index >= 15 is 0 Å². The highest BCUT2D eigenvalue weighted by atomic mass is 32.2. The summed E-state index contributed by atoms with van der Waals surface area (Å²) in [7, 11) is -5.70. The van der Waals surface area contributed by atoms with Gasteiger partial charge < -0.3 is 15.2 Å².